The molecule has 5 nitrogen and oxygen atoms in total. The van der Waals surface area contributed by atoms with Gasteiger partial charge in [-0.3, -0.25) is 4.99 Å². The van der Waals surface area contributed by atoms with Crippen molar-refractivity contribution in [2.45, 2.75) is 0 Å². The Hall–Kier alpha value is -1.55. The summed E-state index contributed by atoms with van der Waals surface area (Å²) in [4.78, 5) is 14.5. The van der Waals surface area contributed by atoms with E-state index in [1.54, 1.807) is 22.6 Å². The molecule has 0 aliphatic heterocycles. The number of aliphatic carboxylic acids is 1. The van der Waals surface area contributed by atoms with Gasteiger partial charge in [-0.2, -0.15) is 0 Å². The van der Waals surface area contributed by atoms with Crippen LogP contribution in [0.3, 0.4) is 0 Å². The monoisotopic (exact) mass is 396 g/mol. The Labute approximate surface area is 126 Å². The normalized spacial score (nSPS) is 12.6. The Kier molecular flexibility index (Phi) is 6.02. The summed E-state index contributed by atoms with van der Waals surface area (Å²) in [7, 11) is 0. The molecule has 0 atom stereocenters. The number of halogens is 3. The molecule has 0 heterocycles. The van der Waals surface area contributed by atoms with Gasteiger partial charge in [0, 0.05) is 15.3 Å². The van der Waals surface area contributed by atoms with E-state index in [4.69, 9.17) is 10.2 Å². The minimum atomic E-state index is -1.62. The molecule has 8 heteroatoms. The molecule has 0 unspecified atom stereocenters. The highest BCUT2D eigenvalue weighted by molar-refractivity contribution is 14.1. The first-order chi connectivity index (χ1) is 9.38. The highest BCUT2D eigenvalue weighted by Gasteiger charge is 2.14. The molecule has 20 heavy (non-hydrogen) atoms. The molecule has 0 saturated heterocycles. The number of hydrogen-bond donors (Lipinski definition) is 2. The quantitative estimate of drug-likeness (QED) is 0.253. The third-order valence-electron chi connectivity index (χ3n) is 2.16. The number of carboxylic acid groups (broad SMARTS) is 1. The van der Waals surface area contributed by atoms with Gasteiger partial charge in [-0.05, 0) is 34.7 Å². The van der Waals surface area contributed by atoms with E-state index in [2.05, 4.69) is 4.99 Å². The molecule has 0 aromatic heterocycles. The van der Waals surface area contributed by atoms with Crippen molar-refractivity contribution in [2.75, 3.05) is 13.2 Å². The number of hydrogen-bond acceptors (Lipinski definition) is 4. The fraction of sp³-hybridized carbons (Fsp3) is 0.167. The second-order valence-corrected chi connectivity index (χ2v) is 4.80. The van der Waals surface area contributed by atoms with Gasteiger partial charge < -0.3 is 15.3 Å². The van der Waals surface area contributed by atoms with Gasteiger partial charge in [0.05, 0.1) is 18.7 Å². The van der Waals surface area contributed by atoms with Crippen molar-refractivity contribution in [1.82, 2.24) is 0 Å². The Morgan fingerprint density at radius 1 is 1.45 bits per heavy atom. The van der Waals surface area contributed by atoms with Crippen LogP contribution in [0.5, 0.6) is 0 Å². The zero-order valence-electron chi connectivity index (χ0n) is 9.94. The van der Waals surface area contributed by atoms with E-state index < -0.39 is 34.5 Å². The van der Waals surface area contributed by atoms with Crippen molar-refractivity contribution in [3.63, 3.8) is 0 Å². The predicted octanol–water partition coefficient (Wildman–Crippen LogP) is 0.788. The molecule has 0 radical (unpaired) electrons. The van der Waals surface area contributed by atoms with Crippen molar-refractivity contribution in [1.29, 1.82) is 0 Å². The maximum Gasteiger partial charge on any atom is 0.336 e. The number of aliphatic hydroxyl groups is 1. The van der Waals surface area contributed by atoms with Gasteiger partial charge in [-0.1, -0.05) is 5.76 Å². The van der Waals surface area contributed by atoms with Crippen LogP contribution < -0.4 is 5.11 Å². The predicted molar refractivity (Wildman–Crippen MR) is 74.1 cm³/mol. The summed E-state index contributed by atoms with van der Waals surface area (Å²) in [5.41, 5.74) is -1.49. The second-order valence-electron chi connectivity index (χ2n) is 3.56. The topological polar surface area (TPSA) is 93.0 Å². The van der Waals surface area contributed by atoms with E-state index in [1.165, 1.54) is 0 Å². The first kappa shape index (κ1) is 16.5. The lowest BCUT2D eigenvalue weighted by molar-refractivity contribution is -0.244. The first-order valence-electron chi connectivity index (χ1n) is 5.28. The molecule has 108 valence electrons. The van der Waals surface area contributed by atoms with E-state index in [-0.39, 0.29) is 16.7 Å². The smallest absolute Gasteiger partial charge is 0.336 e. The first-order valence-corrected chi connectivity index (χ1v) is 6.36. The summed E-state index contributed by atoms with van der Waals surface area (Å²) >= 11 is 1.67. The molecule has 2 N–H and O–H groups in total. The maximum absolute atomic E-state index is 13.6. The van der Waals surface area contributed by atoms with Gasteiger partial charge in [0.15, 0.2) is 11.6 Å². The molecular formula is C12H9F2INO4-. The Bertz CT molecular complexity index is 587. The summed E-state index contributed by atoms with van der Waals surface area (Å²) in [6.45, 7) is -0.433. The molecule has 0 amide bonds. The van der Waals surface area contributed by atoms with Crippen molar-refractivity contribution in [3.8, 4) is 0 Å². The average Bonchev–Trinajstić information content (AvgIpc) is 2.37. The summed E-state index contributed by atoms with van der Waals surface area (Å²) in [6, 6.07) is 1.93. The van der Waals surface area contributed by atoms with Crippen LogP contribution in [0, 0.1) is 15.2 Å². The lowest BCUT2D eigenvalue weighted by Crippen LogP contribution is -2.16. The van der Waals surface area contributed by atoms with E-state index in [9.17, 15) is 18.7 Å². The van der Waals surface area contributed by atoms with Crippen LogP contribution in [0.25, 0.3) is 5.76 Å². The van der Waals surface area contributed by atoms with Crippen molar-refractivity contribution in [3.05, 3.63) is 38.5 Å². The number of aliphatic hydroxyl groups excluding tert-OH is 1. The Morgan fingerprint density at radius 2 is 2.10 bits per heavy atom. The fourth-order valence-electron chi connectivity index (χ4n) is 1.29. The SMILES string of the molecule is O=C(O)/C(C=NCCO)=C(/[O-])c1cc(I)cc(F)c1F. The molecule has 0 aliphatic rings. The highest BCUT2D eigenvalue weighted by Crippen LogP contribution is 2.22. The molecular weight excluding hydrogens is 387 g/mol. The third-order valence-corrected chi connectivity index (χ3v) is 2.78. The van der Waals surface area contributed by atoms with Crippen LogP contribution in [-0.2, 0) is 4.79 Å². The van der Waals surface area contributed by atoms with Crippen molar-refractivity contribution in [2.24, 2.45) is 4.99 Å². The molecule has 0 spiro atoms. The summed E-state index contributed by atoms with van der Waals surface area (Å²) in [5.74, 6) is -5.45. The Balaban J connectivity index is 3.39. The molecule has 1 rings (SSSR count). The van der Waals surface area contributed by atoms with E-state index in [1.807, 2.05) is 0 Å². The number of carboxylic acids is 1. The van der Waals surface area contributed by atoms with Crippen LogP contribution >= 0.6 is 22.6 Å². The minimum absolute atomic E-state index is 0.104. The average molecular weight is 396 g/mol. The molecule has 1 aromatic rings. The van der Waals surface area contributed by atoms with Crippen molar-refractivity contribution >= 4 is 40.5 Å². The molecule has 0 fully saturated rings. The van der Waals surface area contributed by atoms with Crippen LogP contribution in [0.4, 0.5) is 8.78 Å². The molecule has 0 bridgehead atoms. The lowest BCUT2D eigenvalue weighted by atomic mass is 10.1. The summed E-state index contributed by atoms with van der Waals surface area (Å²) in [5, 5.41) is 29.4. The zero-order valence-corrected chi connectivity index (χ0v) is 12.1. The number of rotatable bonds is 5. The van der Waals surface area contributed by atoms with Gasteiger partial charge in [-0.15, -0.1) is 0 Å². The Morgan fingerprint density at radius 3 is 2.65 bits per heavy atom. The number of aliphatic imine (C=N–C) groups is 1. The number of carbonyl (C=O) groups is 1. The van der Waals surface area contributed by atoms with Gasteiger partial charge in [0.2, 0.25) is 0 Å². The largest absolute Gasteiger partial charge is 0.871 e. The van der Waals surface area contributed by atoms with Gasteiger partial charge in [0.25, 0.3) is 0 Å². The second kappa shape index (κ2) is 7.29. The van der Waals surface area contributed by atoms with Gasteiger partial charge >= 0.3 is 5.97 Å². The van der Waals surface area contributed by atoms with Crippen LogP contribution in [-0.4, -0.2) is 35.5 Å². The van der Waals surface area contributed by atoms with Crippen LogP contribution in [0.1, 0.15) is 5.56 Å². The van der Waals surface area contributed by atoms with E-state index >= 15 is 0 Å². The molecule has 0 saturated carbocycles. The van der Waals surface area contributed by atoms with Crippen molar-refractivity contribution < 1.29 is 28.9 Å². The standard InChI is InChI=1S/C12H10F2INO4/c13-9-4-6(15)3-7(10(9)14)11(18)8(12(19)20)5-16-1-2-17/h3-5,17-18H,1-2H2,(H,19,20)/p-1/b11-8+,16-5?. The highest BCUT2D eigenvalue weighted by atomic mass is 127. The lowest BCUT2D eigenvalue weighted by Gasteiger charge is -2.16. The van der Waals surface area contributed by atoms with Crippen LogP contribution in [0.15, 0.2) is 22.7 Å². The zero-order chi connectivity index (χ0) is 15.3. The number of benzene rings is 1. The van der Waals surface area contributed by atoms with Gasteiger partial charge in [0.1, 0.15) is 0 Å². The third kappa shape index (κ3) is 3.97. The molecule has 1 aromatic carbocycles. The van der Waals surface area contributed by atoms with E-state index in [0.717, 1.165) is 18.3 Å². The number of nitrogens with zero attached hydrogens (tertiary/aromatic N) is 1. The minimum Gasteiger partial charge on any atom is -0.871 e. The van der Waals surface area contributed by atoms with Crippen LogP contribution in [0.2, 0.25) is 0 Å². The van der Waals surface area contributed by atoms with Gasteiger partial charge in [-0.25, -0.2) is 13.6 Å². The molecule has 0 aliphatic carbocycles. The van der Waals surface area contributed by atoms with E-state index in [0.29, 0.717) is 0 Å². The maximum atomic E-state index is 13.6. The summed E-state index contributed by atoms with van der Waals surface area (Å²) < 4.78 is 27.0. The summed E-state index contributed by atoms with van der Waals surface area (Å²) in [6.07, 6.45) is 0.720. The fourth-order valence-corrected chi connectivity index (χ4v) is 1.88.